The van der Waals surface area contributed by atoms with Crippen molar-refractivity contribution in [3.05, 3.63) is 33.6 Å². The summed E-state index contributed by atoms with van der Waals surface area (Å²) >= 11 is 1.63. The Morgan fingerprint density at radius 3 is 3.06 bits per heavy atom. The first-order valence-electron chi connectivity index (χ1n) is 4.79. The number of nitrogens with two attached hydrogens (primary N) is 1. The highest BCUT2D eigenvalue weighted by atomic mass is 32.1. The van der Waals surface area contributed by atoms with Gasteiger partial charge < -0.3 is 11.1 Å². The van der Waals surface area contributed by atoms with Crippen LogP contribution in [-0.4, -0.2) is 16.1 Å². The summed E-state index contributed by atoms with van der Waals surface area (Å²) in [6.07, 6.45) is 0. The maximum absolute atomic E-state index is 11.6. The number of thiophene rings is 1. The van der Waals surface area contributed by atoms with Gasteiger partial charge in [0.2, 0.25) is 0 Å². The van der Waals surface area contributed by atoms with Gasteiger partial charge in [0, 0.05) is 10.9 Å². The van der Waals surface area contributed by atoms with E-state index in [0.717, 1.165) is 4.88 Å². The van der Waals surface area contributed by atoms with Crippen LogP contribution in [0.4, 0.5) is 5.82 Å². The van der Waals surface area contributed by atoms with E-state index in [-0.39, 0.29) is 5.91 Å². The summed E-state index contributed by atoms with van der Waals surface area (Å²) < 4.78 is 0. The van der Waals surface area contributed by atoms with E-state index in [0.29, 0.717) is 18.1 Å². The Labute approximate surface area is 96.7 Å². The molecule has 0 radical (unpaired) electrons. The van der Waals surface area contributed by atoms with Gasteiger partial charge in [-0.15, -0.1) is 11.3 Å². The van der Waals surface area contributed by atoms with Gasteiger partial charge in [0.1, 0.15) is 11.5 Å². The van der Waals surface area contributed by atoms with E-state index in [1.165, 1.54) is 11.6 Å². The second kappa shape index (κ2) is 4.36. The number of anilines is 1. The smallest absolute Gasteiger partial charge is 0.269 e. The number of hydrogen-bond donors (Lipinski definition) is 3. The lowest BCUT2D eigenvalue weighted by molar-refractivity contribution is 0.0946. The van der Waals surface area contributed by atoms with Crippen molar-refractivity contribution in [2.45, 2.75) is 13.5 Å². The van der Waals surface area contributed by atoms with Crippen molar-refractivity contribution in [1.29, 1.82) is 0 Å². The monoisotopic (exact) mass is 236 g/mol. The maximum Gasteiger partial charge on any atom is 0.269 e. The van der Waals surface area contributed by atoms with Crippen LogP contribution in [0, 0.1) is 6.92 Å². The number of carbonyl (C=O) groups excluding carboxylic acids is 1. The van der Waals surface area contributed by atoms with Crippen molar-refractivity contribution >= 4 is 23.1 Å². The van der Waals surface area contributed by atoms with Crippen molar-refractivity contribution in [1.82, 2.24) is 15.5 Å². The molecule has 0 aliphatic heterocycles. The van der Waals surface area contributed by atoms with E-state index < -0.39 is 0 Å². The largest absolute Gasteiger partial charge is 0.382 e. The van der Waals surface area contributed by atoms with Gasteiger partial charge >= 0.3 is 0 Å². The van der Waals surface area contributed by atoms with Crippen molar-refractivity contribution in [2.75, 3.05) is 5.73 Å². The number of rotatable bonds is 3. The zero-order valence-electron chi connectivity index (χ0n) is 8.78. The minimum absolute atomic E-state index is 0.197. The molecule has 2 aromatic rings. The van der Waals surface area contributed by atoms with Crippen LogP contribution in [0.15, 0.2) is 17.5 Å². The molecule has 2 heterocycles. The second-order valence-corrected chi connectivity index (χ2v) is 4.42. The Balaban J connectivity index is 1.96. The van der Waals surface area contributed by atoms with Crippen LogP contribution in [0.25, 0.3) is 0 Å². The number of nitrogens with one attached hydrogen (secondary N) is 2. The molecule has 0 unspecified atom stereocenters. The van der Waals surface area contributed by atoms with E-state index in [2.05, 4.69) is 15.5 Å². The lowest BCUT2D eigenvalue weighted by Crippen LogP contribution is -2.22. The molecule has 0 aliphatic carbocycles. The average Bonchev–Trinajstić information content (AvgIpc) is 2.84. The van der Waals surface area contributed by atoms with Gasteiger partial charge in [-0.3, -0.25) is 9.89 Å². The van der Waals surface area contributed by atoms with Gasteiger partial charge in [-0.25, -0.2) is 0 Å². The van der Waals surface area contributed by atoms with Crippen molar-refractivity contribution in [2.24, 2.45) is 0 Å². The summed E-state index contributed by atoms with van der Waals surface area (Å²) in [5.74, 6) is 0.120. The van der Waals surface area contributed by atoms with Gasteiger partial charge in [0.15, 0.2) is 0 Å². The number of aromatic amines is 1. The van der Waals surface area contributed by atoms with E-state index >= 15 is 0 Å². The summed E-state index contributed by atoms with van der Waals surface area (Å²) in [6, 6.07) is 3.54. The molecule has 0 aliphatic rings. The minimum atomic E-state index is -0.197. The molecule has 2 rings (SSSR count). The van der Waals surface area contributed by atoms with E-state index in [9.17, 15) is 4.79 Å². The Hall–Kier alpha value is -1.82. The molecular formula is C10H12N4OS. The lowest BCUT2D eigenvalue weighted by Gasteiger charge is -2.02. The van der Waals surface area contributed by atoms with Gasteiger partial charge in [0.25, 0.3) is 5.91 Å². The first-order valence-corrected chi connectivity index (χ1v) is 5.67. The van der Waals surface area contributed by atoms with Crippen molar-refractivity contribution in [3.8, 4) is 0 Å². The van der Waals surface area contributed by atoms with E-state index in [1.54, 1.807) is 11.3 Å². The molecule has 16 heavy (non-hydrogen) atoms. The van der Waals surface area contributed by atoms with Crippen LogP contribution < -0.4 is 11.1 Å². The normalized spacial score (nSPS) is 10.3. The number of carbonyl (C=O) groups is 1. The number of hydrogen-bond acceptors (Lipinski definition) is 4. The summed E-state index contributed by atoms with van der Waals surface area (Å²) in [5, 5.41) is 11.1. The quantitative estimate of drug-likeness (QED) is 0.750. The minimum Gasteiger partial charge on any atom is -0.382 e. The predicted molar refractivity (Wildman–Crippen MR) is 63.2 cm³/mol. The SMILES string of the molecule is Cc1ccsc1CNC(=O)c1cc(N)n[nH]1. The predicted octanol–water partition coefficient (Wildman–Crippen LogP) is 1.29. The zero-order valence-corrected chi connectivity index (χ0v) is 9.60. The molecule has 4 N–H and O–H groups in total. The van der Waals surface area contributed by atoms with E-state index in [4.69, 9.17) is 5.73 Å². The maximum atomic E-state index is 11.6. The molecule has 0 saturated carbocycles. The highest BCUT2D eigenvalue weighted by Crippen LogP contribution is 2.15. The third-order valence-corrected chi connectivity index (χ3v) is 3.24. The van der Waals surface area contributed by atoms with Gasteiger partial charge in [-0.2, -0.15) is 5.10 Å². The number of aryl methyl sites for hydroxylation is 1. The standard InChI is InChI=1S/C10H12N4OS/c1-6-2-3-16-8(6)5-12-10(15)7-4-9(11)14-13-7/h2-4H,5H2,1H3,(H,12,15)(H3,11,13,14). The van der Waals surface area contributed by atoms with Crippen LogP contribution in [0.1, 0.15) is 20.9 Å². The molecule has 0 atom stereocenters. The topological polar surface area (TPSA) is 83.8 Å². The van der Waals surface area contributed by atoms with Crippen LogP contribution in [0.2, 0.25) is 0 Å². The first kappa shape index (κ1) is 10.7. The molecule has 1 amide bonds. The molecule has 0 fully saturated rings. The lowest BCUT2D eigenvalue weighted by atomic mass is 10.3. The zero-order chi connectivity index (χ0) is 11.5. The van der Waals surface area contributed by atoms with Gasteiger partial charge in [-0.05, 0) is 23.9 Å². The van der Waals surface area contributed by atoms with Crippen molar-refractivity contribution in [3.63, 3.8) is 0 Å². The third-order valence-electron chi connectivity index (χ3n) is 2.22. The Bertz CT molecular complexity index is 502. The molecule has 0 saturated heterocycles. The molecule has 5 nitrogen and oxygen atoms in total. The molecule has 0 aromatic carbocycles. The summed E-state index contributed by atoms with van der Waals surface area (Å²) in [4.78, 5) is 12.8. The van der Waals surface area contributed by atoms with Crippen molar-refractivity contribution < 1.29 is 4.79 Å². The third kappa shape index (κ3) is 2.22. The average molecular weight is 236 g/mol. The van der Waals surface area contributed by atoms with Crippen LogP contribution >= 0.6 is 11.3 Å². The fourth-order valence-electron chi connectivity index (χ4n) is 1.29. The molecule has 6 heteroatoms. The highest BCUT2D eigenvalue weighted by Gasteiger charge is 2.09. The van der Waals surface area contributed by atoms with Gasteiger partial charge in [-0.1, -0.05) is 0 Å². The summed E-state index contributed by atoms with van der Waals surface area (Å²) in [6.45, 7) is 2.55. The molecule has 2 aromatic heterocycles. The number of amides is 1. The van der Waals surface area contributed by atoms with Crippen LogP contribution in [-0.2, 0) is 6.54 Å². The second-order valence-electron chi connectivity index (χ2n) is 3.42. The Morgan fingerprint density at radius 2 is 2.50 bits per heavy atom. The molecule has 84 valence electrons. The molecule has 0 bridgehead atoms. The summed E-state index contributed by atoms with van der Waals surface area (Å²) in [5.41, 5.74) is 6.98. The highest BCUT2D eigenvalue weighted by molar-refractivity contribution is 7.10. The fraction of sp³-hybridized carbons (Fsp3) is 0.200. The van der Waals surface area contributed by atoms with E-state index in [1.807, 2.05) is 18.4 Å². The first-order chi connectivity index (χ1) is 7.66. The number of H-pyrrole nitrogens is 1. The molecular weight excluding hydrogens is 224 g/mol. The molecule has 0 spiro atoms. The Morgan fingerprint density at radius 1 is 1.69 bits per heavy atom. The Kier molecular flexibility index (Phi) is 2.91. The van der Waals surface area contributed by atoms with Crippen LogP contribution in [0.5, 0.6) is 0 Å². The fourth-order valence-corrected chi connectivity index (χ4v) is 2.14. The number of aromatic nitrogens is 2. The number of nitrogens with zero attached hydrogens (tertiary/aromatic N) is 1. The summed E-state index contributed by atoms with van der Waals surface area (Å²) in [7, 11) is 0. The number of nitrogen functional groups attached to an aromatic ring is 1. The van der Waals surface area contributed by atoms with Gasteiger partial charge in [0.05, 0.1) is 6.54 Å². The van der Waals surface area contributed by atoms with Crippen LogP contribution in [0.3, 0.4) is 0 Å².